The Balaban J connectivity index is 1.24. The number of hydrogen-bond donors (Lipinski definition) is 2. The SMILES string of the molecule is C=C(C)[C@@H]1CC[C@]2(C(=O)O)CC[C@]3(C)C(CCC4[C@@]5(C)CC[C@H](OC(=O)/C=C/c6ccc(O)cc6)C(C)(C)C5CC[C@]43C)C12. The van der Waals surface area contributed by atoms with Crippen LogP contribution >= 0.6 is 0 Å². The smallest absolute Gasteiger partial charge is 0.331 e. The summed E-state index contributed by atoms with van der Waals surface area (Å²) >= 11 is 0. The van der Waals surface area contributed by atoms with E-state index in [1.807, 2.05) is 0 Å². The van der Waals surface area contributed by atoms with Gasteiger partial charge in [-0.15, -0.1) is 0 Å². The molecule has 1 aromatic rings. The lowest BCUT2D eigenvalue weighted by Crippen LogP contribution is -2.67. The molecule has 5 saturated carbocycles. The van der Waals surface area contributed by atoms with Crippen molar-refractivity contribution in [3.8, 4) is 5.75 Å². The first kappa shape index (κ1) is 31.4. The van der Waals surface area contributed by atoms with E-state index in [-0.39, 0.29) is 45.4 Å². The standard InChI is InChI=1S/C39H54O5/c1-24(2)27-16-21-39(34(42)43)23-22-37(6)28(33(27)39)13-14-30-36(5)19-18-31(35(3,4)29(36)17-20-38(30,37)7)44-32(41)15-10-25-8-11-26(40)12-9-25/h8-12,15,27-31,33,40H,1,13-14,16-23H2,2-7H3,(H,42,43)/b15-10+/t27-,28?,29?,30?,31-,33?,36-,37+,38+,39-/m0/s1. The third-order valence-corrected chi connectivity index (χ3v) is 15.0. The molecule has 5 aliphatic carbocycles. The number of fused-ring (bicyclic) bond motifs is 7. The Morgan fingerprint density at radius 2 is 1.57 bits per heavy atom. The number of carboxylic acids is 1. The number of carbonyl (C=O) groups is 2. The van der Waals surface area contributed by atoms with Gasteiger partial charge in [0.1, 0.15) is 11.9 Å². The zero-order valence-electron chi connectivity index (χ0n) is 27.8. The molecule has 0 spiro atoms. The second kappa shape index (κ2) is 10.5. The van der Waals surface area contributed by atoms with Crippen molar-refractivity contribution < 1.29 is 24.5 Å². The monoisotopic (exact) mass is 602 g/mol. The van der Waals surface area contributed by atoms with Crippen LogP contribution < -0.4 is 0 Å². The van der Waals surface area contributed by atoms with Gasteiger partial charge in [-0.25, -0.2) is 4.79 Å². The highest BCUT2D eigenvalue weighted by Crippen LogP contribution is 2.77. The molecule has 6 rings (SSSR count). The van der Waals surface area contributed by atoms with E-state index in [9.17, 15) is 19.8 Å². The molecular formula is C39H54O5. The van der Waals surface area contributed by atoms with Crippen LogP contribution in [0.2, 0.25) is 0 Å². The van der Waals surface area contributed by atoms with Crippen LogP contribution in [0.5, 0.6) is 5.75 Å². The van der Waals surface area contributed by atoms with E-state index >= 15 is 0 Å². The van der Waals surface area contributed by atoms with Gasteiger partial charge >= 0.3 is 11.9 Å². The van der Waals surface area contributed by atoms with Gasteiger partial charge in [0.2, 0.25) is 0 Å². The zero-order valence-corrected chi connectivity index (χ0v) is 27.8. The van der Waals surface area contributed by atoms with E-state index < -0.39 is 11.4 Å². The van der Waals surface area contributed by atoms with Crippen LogP contribution in [0.1, 0.15) is 111 Å². The largest absolute Gasteiger partial charge is 0.508 e. The van der Waals surface area contributed by atoms with E-state index in [1.54, 1.807) is 30.3 Å². The molecule has 5 heteroatoms. The highest BCUT2D eigenvalue weighted by Gasteiger charge is 2.72. The molecule has 2 N–H and O–H groups in total. The molecule has 1 aromatic carbocycles. The number of rotatable bonds is 5. The summed E-state index contributed by atoms with van der Waals surface area (Å²) in [6.07, 6.45) is 13.2. The van der Waals surface area contributed by atoms with Gasteiger partial charge in [-0.05, 0) is 141 Å². The molecule has 5 nitrogen and oxygen atoms in total. The topological polar surface area (TPSA) is 83.8 Å². The minimum atomic E-state index is -0.585. The van der Waals surface area contributed by atoms with Crippen molar-refractivity contribution in [3.05, 3.63) is 48.1 Å². The predicted octanol–water partition coefficient (Wildman–Crippen LogP) is 9.06. The third kappa shape index (κ3) is 4.37. The Bertz CT molecular complexity index is 1360. The average Bonchev–Trinajstić information content (AvgIpc) is 3.36. The van der Waals surface area contributed by atoms with Crippen LogP contribution in [-0.2, 0) is 14.3 Å². The summed E-state index contributed by atoms with van der Waals surface area (Å²) in [6.45, 7) is 18.8. The van der Waals surface area contributed by atoms with Gasteiger partial charge in [0.25, 0.3) is 0 Å². The molecule has 0 amide bonds. The minimum absolute atomic E-state index is 0.109. The second-order valence-electron chi connectivity index (χ2n) is 16.9. The molecule has 4 unspecified atom stereocenters. The third-order valence-electron chi connectivity index (χ3n) is 15.0. The van der Waals surface area contributed by atoms with Gasteiger partial charge in [-0.2, -0.15) is 0 Å². The molecule has 0 bridgehead atoms. The number of esters is 1. The summed E-state index contributed by atoms with van der Waals surface area (Å²) in [4.78, 5) is 25.9. The summed E-state index contributed by atoms with van der Waals surface area (Å²) in [7, 11) is 0. The Morgan fingerprint density at radius 1 is 0.864 bits per heavy atom. The molecule has 0 radical (unpaired) electrons. The Morgan fingerprint density at radius 3 is 2.23 bits per heavy atom. The summed E-state index contributed by atoms with van der Waals surface area (Å²) in [5.74, 6) is 1.29. The fraction of sp³-hybridized carbons (Fsp3) is 0.692. The number of phenolic OH excluding ortho intramolecular Hbond substituents is 1. The van der Waals surface area contributed by atoms with Gasteiger partial charge in [0.05, 0.1) is 5.41 Å². The molecule has 10 atom stereocenters. The van der Waals surface area contributed by atoms with Gasteiger partial charge in [0, 0.05) is 11.5 Å². The zero-order chi connectivity index (χ0) is 31.9. The van der Waals surface area contributed by atoms with Crippen LogP contribution in [0.4, 0.5) is 0 Å². The van der Waals surface area contributed by atoms with Crippen molar-refractivity contribution in [2.24, 2.45) is 56.7 Å². The molecule has 5 fully saturated rings. The van der Waals surface area contributed by atoms with Crippen molar-refractivity contribution >= 4 is 18.0 Å². The maximum absolute atomic E-state index is 13.0. The van der Waals surface area contributed by atoms with Crippen LogP contribution in [-0.4, -0.2) is 28.3 Å². The molecule has 0 saturated heterocycles. The van der Waals surface area contributed by atoms with Gasteiger partial charge in [-0.1, -0.05) is 58.9 Å². The summed E-state index contributed by atoms with van der Waals surface area (Å²) in [6, 6.07) is 6.79. The highest BCUT2D eigenvalue weighted by atomic mass is 16.5. The average molecular weight is 603 g/mol. The van der Waals surface area contributed by atoms with Gasteiger partial charge in [0.15, 0.2) is 0 Å². The quantitative estimate of drug-likeness (QED) is 0.200. The first-order valence-corrected chi connectivity index (χ1v) is 17.2. The number of hydrogen-bond acceptors (Lipinski definition) is 4. The maximum Gasteiger partial charge on any atom is 0.331 e. The van der Waals surface area contributed by atoms with Crippen LogP contribution in [0.3, 0.4) is 0 Å². The molecule has 0 aliphatic heterocycles. The van der Waals surface area contributed by atoms with Crippen LogP contribution in [0, 0.1) is 56.7 Å². The van der Waals surface area contributed by atoms with Crippen molar-refractivity contribution in [2.75, 3.05) is 0 Å². The predicted molar refractivity (Wildman–Crippen MR) is 174 cm³/mol. The molecular weight excluding hydrogens is 548 g/mol. The Hall–Kier alpha value is -2.56. The minimum Gasteiger partial charge on any atom is -0.508 e. The number of carbonyl (C=O) groups excluding carboxylic acids is 1. The lowest BCUT2D eigenvalue weighted by molar-refractivity contribution is -0.250. The number of phenols is 1. The Labute approximate surface area is 264 Å². The first-order chi connectivity index (χ1) is 20.6. The number of allylic oxidation sites excluding steroid dienone is 1. The van der Waals surface area contributed by atoms with E-state index in [0.717, 1.165) is 69.8 Å². The molecule has 0 aromatic heterocycles. The van der Waals surface area contributed by atoms with Crippen molar-refractivity contribution in [2.45, 2.75) is 112 Å². The lowest BCUT2D eigenvalue weighted by Gasteiger charge is -2.72. The Kier molecular flexibility index (Phi) is 7.49. The van der Waals surface area contributed by atoms with Crippen LogP contribution in [0.15, 0.2) is 42.5 Å². The van der Waals surface area contributed by atoms with Crippen LogP contribution in [0.25, 0.3) is 6.08 Å². The number of carboxylic acid groups (broad SMARTS) is 1. The normalized spacial score (nSPS) is 44.1. The summed E-state index contributed by atoms with van der Waals surface area (Å²) < 4.78 is 6.19. The number of aliphatic carboxylic acids is 1. The molecule has 44 heavy (non-hydrogen) atoms. The molecule has 5 aliphatic rings. The second-order valence-corrected chi connectivity index (χ2v) is 16.9. The van der Waals surface area contributed by atoms with Crippen molar-refractivity contribution in [1.29, 1.82) is 0 Å². The number of ether oxygens (including phenoxy) is 1. The fourth-order valence-corrected chi connectivity index (χ4v) is 12.6. The van der Waals surface area contributed by atoms with Gasteiger partial charge in [-0.3, -0.25) is 4.79 Å². The van der Waals surface area contributed by atoms with Crippen molar-refractivity contribution in [1.82, 2.24) is 0 Å². The molecule has 0 heterocycles. The maximum atomic E-state index is 13.0. The van der Waals surface area contributed by atoms with E-state index in [0.29, 0.717) is 23.7 Å². The number of benzene rings is 1. The number of aromatic hydroxyl groups is 1. The summed E-state index contributed by atoms with van der Waals surface area (Å²) in [5, 5.41) is 20.2. The van der Waals surface area contributed by atoms with E-state index in [4.69, 9.17) is 4.74 Å². The first-order valence-electron chi connectivity index (χ1n) is 17.2. The van der Waals surface area contributed by atoms with Crippen molar-refractivity contribution in [3.63, 3.8) is 0 Å². The van der Waals surface area contributed by atoms with E-state index in [1.165, 1.54) is 11.6 Å². The lowest BCUT2D eigenvalue weighted by atomic mass is 9.32. The van der Waals surface area contributed by atoms with E-state index in [2.05, 4.69) is 48.1 Å². The highest BCUT2D eigenvalue weighted by molar-refractivity contribution is 5.87. The summed E-state index contributed by atoms with van der Waals surface area (Å²) in [5.41, 5.74) is 1.71. The fourth-order valence-electron chi connectivity index (χ4n) is 12.6. The molecule has 240 valence electrons. The van der Waals surface area contributed by atoms with Gasteiger partial charge < -0.3 is 14.9 Å².